The smallest absolute Gasteiger partial charge is 0.231 e. The van der Waals surface area contributed by atoms with Crippen molar-refractivity contribution >= 4 is 0 Å². The van der Waals surface area contributed by atoms with Crippen LogP contribution in [0.4, 0.5) is 0 Å². The number of hydrogen-bond donors (Lipinski definition) is 0. The van der Waals surface area contributed by atoms with Gasteiger partial charge in [-0.3, -0.25) is 9.80 Å². The Balaban J connectivity index is 1.29. The molecule has 0 N–H and O–H groups in total. The van der Waals surface area contributed by atoms with Crippen molar-refractivity contribution in [1.29, 1.82) is 0 Å². The quantitative estimate of drug-likeness (QED) is 0.653. The molecule has 1 atom stereocenters. The second-order valence-corrected chi connectivity index (χ2v) is 9.89. The zero-order valence-electron chi connectivity index (χ0n) is 19.4. The number of ether oxygens (including phenoxy) is 2. The lowest BCUT2D eigenvalue weighted by Crippen LogP contribution is -2.52. The molecule has 0 amide bonds. The van der Waals surface area contributed by atoms with Crippen LogP contribution in [-0.2, 0) is 6.54 Å². The van der Waals surface area contributed by atoms with Crippen molar-refractivity contribution in [1.82, 2.24) is 30.0 Å². The van der Waals surface area contributed by atoms with Crippen molar-refractivity contribution in [3.63, 3.8) is 0 Å². The van der Waals surface area contributed by atoms with Gasteiger partial charge in [-0.1, -0.05) is 39.2 Å². The molecule has 2 fully saturated rings. The fourth-order valence-electron chi connectivity index (χ4n) is 5.50. The van der Waals surface area contributed by atoms with Gasteiger partial charge in [-0.15, -0.1) is 5.10 Å². The highest BCUT2D eigenvalue weighted by Crippen LogP contribution is 2.33. The zero-order chi connectivity index (χ0) is 21.9. The Morgan fingerprint density at radius 2 is 1.78 bits per heavy atom. The molecular weight excluding hydrogens is 404 g/mol. The highest BCUT2D eigenvalue weighted by molar-refractivity contribution is 5.44. The number of fused-ring (bicyclic) bond motifs is 1. The van der Waals surface area contributed by atoms with Crippen molar-refractivity contribution in [3.8, 4) is 11.5 Å². The van der Waals surface area contributed by atoms with E-state index in [-0.39, 0.29) is 12.8 Å². The molecule has 2 aromatic rings. The predicted molar refractivity (Wildman–Crippen MR) is 122 cm³/mol. The fraction of sp³-hybridized carbons (Fsp3) is 0.708. The first-order chi connectivity index (χ1) is 15.7. The van der Waals surface area contributed by atoms with Crippen LogP contribution in [-0.4, -0.2) is 69.0 Å². The minimum atomic E-state index is 0.243. The number of aromatic nitrogens is 4. The topological polar surface area (TPSA) is 68.5 Å². The summed E-state index contributed by atoms with van der Waals surface area (Å²) in [5.74, 6) is 3.16. The molecule has 1 aromatic heterocycles. The summed E-state index contributed by atoms with van der Waals surface area (Å²) >= 11 is 0. The molecule has 8 heteroatoms. The van der Waals surface area contributed by atoms with E-state index in [1.165, 1.54) is 32.1 Å². The molecule has 0 radical (unpaired) electrons. The maximum Gasteiger partial charge on any atom is 0.231 e. The van der Waals surface area contributed by atoms with Crippen LogP contribution in [0.2, 0.25) is 0 Å². The van der Waals surface area contributed by atoms with Crippen LogP contribution in [0.15, 0.2) is 18.2 Å². The Hall–Kier alpha value is -2.19. The van der Waals surface area contributed by atoms with Crippen LogP contribution in [0.5, 0.6) is 11.5 Å². The number of tetrazole rings is 1. The van der Waals surface area contributed by atoms with E-state index in [0.29, 0.717) is 12.5 Å². The fourth-order valence-corrected chi connectivity index (χ4v) is 5.50. The van der Waals surface area contributed by atoms with Gasteiger partial charge < -0.3 is 9.47 Å². The van der Waals surface area contributed by atoms with Gasteiger partial charge in [0.05, 0.1) is 12.6 Å². The molecule has 3 heterocycles. The number of benzene rings is 1. The minimum absolute atomic E-state index is 0.243. The van der Waals surface area contributed by atoms with Crippen LogP contribution >= 0.6 is 0 Å². The molecule has 1 aromatic carbocycles. The minimum Gasteiger partial charge on any atom is -0.454 e. The van der Waals surface area contributed by atoms with Gasteiger partial charge in [0.15, 0.2) is 17.3 Å². The van der Waals surface area contributed by atoms with Crippen LogP contribution < -0.4 is 9.47 Å². The summed E-state index contributed by atoms with van der Waals surface area (Å²) in [5.41, 5.74) is 1.12. The summed E-state index contributed by atoms with van der Waals surface area (Å²) in [5, 5.41) is 12.9. The van der Waals surface area contributed by atoms with Crippen LogP contribution in [0, 0.1) is 5.92 Å². The number of rotatable bonds is 7. The van der Waals surface area contributed by atoms with E-state index in [0.717, 1.165) is 61.5 Å². The van der Waals surface area contributed by atoms with Gasteiger partial charge in [0, 0.05) is 32.2 Å². The van der Waals surface area contributed by atoms with E-state index >= 15 is 0 Å². The molecule has 0 bridgehead atoms. The van der Waals surface area contributed by atoms with Gasteiger partial charge in [-0.05, 0) is 53.3 Å². The molecule has 2 aliphatic heterocycles. The average molecular weight is 441 g/mol. The summed E-state index contributed by atoms with van der Waals surface area (Å²) < 4.78 is 13.0. The predicted octanol–water partition coefficient (Wildman–Crippen LogP) is 3.49. The maximum absolute atomic E-state index is 5.55. The van der Waals surface area contributed by atoms with Gasteiger partial charge >= 0.3 is 0 Å². The van der Waals surface area contributed by atoms with Crippen molar-refractivity contribution < 1.29 is 9.47 Å². The van der Waals surface area contributed by atoms with Crippen molar-refractivity contribution in [2.24, 2.45) is 5.92 Å². The molecule has 1 unspecified atom stereocenters. The third kappa shape index (κ3) is 4.76. The third-order valence-corrected chi connectivity index (χ3v) is 7.20. The first kappa shape index (κ1) is 21.6. The van der Waals surface area contributed by atoms with E-state index < -0.39 is 0 Å². The average Bonchev–Trinajstić information content (AvgIpc) is 3.47. The Morgan fingerprint density at radius 3 is 2.56 bits per heavy atom. The Labute approximate surface area is 190 Å². The summed E-state index contributed by atoms with van der Waals surface area (Å²) in [4.78, 5) is 5.35. The van der Waals surface area contributed by atoms with E-state index in [1.807, 2.05) is 16.8 Å². The lowest BCUT2D eigenvalue weighted by atomic mass is 9.93. The summed E-state index contributed by atoms with van der Waals surface area (Å²) in [6, 6.07) is 7.11. The Bertz CT molecular complexity index is 886. The molecule has 5 rings (SSSR count). The van der Waals surface area contributed by atoms with Crippen LogP contribution in [0.3, 0.4) is 0 Å². The van der Waals surface area contributed by atoms with E-state index in [1.54, 1.807) is 0 Å². The van der Waals surface area contributed by atoms with Crippen LogP contribution in [0.25, 0.3) is 0 Å². The van der Waals surface area contributed by atoms with Gasteiger partial charge in [0.2, 0.25) is 6.79 Å². The molecule has 8 nitrogen and oxygen atoms in total. The summed E-state index contributed by atoms with van der Waals surface area (Å²) in [6.07, 6.45) is 8.03. The second kappa shape index (κ2) is 9.75. The standard InChI is InChI=1S/C24H36N6O2/c1-18(2)14-21(29-12-10-28(11-13-29)20-6-4-3-5-7-20)24-25-26-27-30(24)16-19-8-9-22-23(15-19)32-17-31-22/h8-9,15,18,20-21H,3-7,10-14,16-17H2,1-2H3. The zero-order valence-corrected chi connectivity index (χ0v) is 19.4. The molecule has 1 saturated carbocycles. The van der Waals surface area contributed by atoms with Gasteiger partial charge in [0.1, 0.15) is 0 Å². The number of nitrogens with zero attached hydrogens (tertiary/aromatic N) is 6. The van der Waals surface area contributed by atoms with Crippen molar-refractivity contribution in [2.75, 3.05) is 33.0 Å². The molecular formula is C24H36N6O2. The highest BCUT2D eigenvalue weighted by atomic mass is 16.7. The molecule has 1 saturated heterocycles. The highest BCUT2D eigenvalue weighted by Gasteiger charge is 2.32. The number of hydrogen-bond acceptors (Lipinski definition) is 7. The van der Waals surface area contributed by atoms with Crippen molar-refractivity contribution in [2.45, 2.75) is 71.0 Å². The largest absolute Gasteiger partial charge is 0.454 e. The number of piperazine rings is 1. The normalized spacial score (nSPS) is 21.3. The van der Waals surface area contributed by atoms with Crippen LogP contribution in [0.1, 0.15) is 69.8 Å². The maximum atomic E-state index is 5.55. The first-order valence-corrected chi connectivity index (χ1v) is 12.3. The van der Waals surface area contributed by atoms with Gasteiger partial charge in [-0.25, -0.2) is 4.68 Å². The third-order valence-electron chi connectivity index (χ3n) is 7.20. The molecule has 32 heavy (non-hydrogen) atoms. The lowest BCUT2D eigenvalue weighted by molar-refractivity contribution is 0.0469. The summed E-state index contributed by atoms with van der Waals surface area (Å²) in [6.45, 7) is 9.99. The first-order valence-electron chi connectivity index (χ1n) is 12.3. The second-order valence-electron chi connectivity index (χ2n) is 9.89. The van der Waals surface area contributed by atoms with E-state index in [2.05, 4.69) is 45.2 Å². The molecule has 3 aliphatic rings. The molecule has 1 aliphatic carbocycles. The molecule has 0 spiro atoms. The Kier molecular flexibility index (Phi) is 6.59. The van der Waals surface area contributed by atoms with Crippen molar-refractivity contribution in [3.05, 3.63) is 29.6 Å². The van der Waals surface area contributed by atoms with Gasteiger partial charge in [-0.2, -0.15) is 0 Å². The summed E-state index contributed by atoms with van der Waals surface area (Å²) in [7, 11) is 0. The SMILES string of the molecule is CC(C)CC(c1nnnn1Cc1ccc2c(c1)OCO2)N1CCN(C2CCCCC2)CC1. The molecule has 174 valence electrons. The van der Waals surface area contributed by atoms with Gasteiger partial charge in [0.25, 0.3) is 0 Å². The van der Waals surface area contributed by atoms with E-state index in [9.17, 15) is 0 Å². The monoisotopic (exact) mass is 440 g/mol. The Morgan fingerprint density at radius 1 is 1.00 bits per heavy atom. The lowest BCUT2D eigenvalue weighted by Gasteiger charge is -2.43. The van der Waals surface area contributed by atoms with E-state index in [4.69, 9.17) is 9.47 Å².